The summed E-state index contributed by atoms with van der Waals surface area (Å²) in [7, 11) is 4.05. The molecule has 0 saturated carbocycles. The molecule has 0 bridgehead atoms. The van der Waals surface area contributed by atoms with Crippen molar-refractivity contribution in [1.82, 2.24) is 14.9 Å². The topological polar surface area (TPSA) is 70.3 Å². The fourth-order valence-electron chi connectivity index (χ4n) is 3.04. The lowest BCUT2D eigenvalue weighted by atomic mass is 10.0. The number of likely N-dealkylation sites (tertiary alicyclic amines) is 1. The molecule has 0 aliphatic carbocycles. The van der Waals surface area contributed by atoms with Gasteiger partial charge in [-0.15, -0.1) is 0 Å². The van der Waals surface area contributed by atoms with Gasteiger partial charge in [0.1, 0.15) is 23.6 Å². The summed E-state index contributed by atoms with van der Waals surface area (Å²) in [6, 6.07) is 3.51. The predicted molar refractivity (Wildman–Crippen MR) is 95.0 cm³/mol. The Morgan fingerprint density at radius 1 is 1.24 bits per heavy atom. The molecule has 8 heteroatoms. The van der Waals surface area contributed by atoms with Crippen LogP contribution in [-0.2, 0) is 0 Å². The first kappa shape index (κ1) is 17.3. The molecule has 134 valence electrons. The fourth-order valence-corrected chi connectivity index (χ4v) is 3.04. The quantitative estimate of drug-likeness (QED) is 0.885. The maximum Gasteiger partial charge on any atom is 0.159 e. The highest BCUT2D eigenvalue weighted by molar-refractivity contribution is 5.78. The van der Waals surface area contributed by atoms with Crippen LogP contribution in [0, 0.1) is 11.6 Å². The number of benzene rings is 1. The van der Waals surface area contributed by atoms with Gasteiger partial charge in [0.25, 0.3) is 0 Å². The summed E-state index contributed by atoms with van der Waals surface area (Å²) in [6.07, 6.45) is 3.39. The van der Waals surface area contributed by atoms with E-state index in [1.54, 1.807) is 0 Å². The van der Waals surface area contributed by atoms with Crippen molar-refractivity contribution in [2.45, 2.75) is 18.9 Å². The zero-order valence-corrected chi connectivity index (χ0v) is 14.3. The number of halogens is 2. The maximum atomic E-state index is 13.8. The molecule has 1 aliphatic rings. The van der Waals surface area contributed by atoms with Gasteiger partial charge >= 0.3 is 0 Å². The van der Waals surface area contributed by atoms with Gasteiger partial charge in [0.2, 0.25) is 0 Å². The fraction of sp³-hybridized carbons (Fsp3) is 0.412. The number of nitrogens with one attached hydrogen (secondary N) is 1. The number of nitrogens with two attached hydrogens (primary N) is 1. The van der Waals surface area contributed by atoms with Crippen LogP contribution in [0.2, 0.25) is 0 Å². The van der Waals surface area contributed by atoms with E-state index in [1.165, 1.54) is 6.33 Å². The number of nitrogens with zero attached hydrogens (tertiary/aromatic N) is 4. The summed E-state index contributed by atoms with van der Waals surface area (Å²) in [5.74, 6) is -0.275. The van der Waals surface area contributed by atoms with Gasteiger partial charge in [-0.05, 0) is 45.1 Å². The minimum atomic E-state index is -0.579. The van der Waals surface area contributed by atoms with Crippen molar-refractivity contribution in [3.63, 3.8) is 0 Å². The van der Waals surface area contributed by atoms with Crippen LogP contribution < -0.4 is 16.0 Å². The molecule has 1 aliphatic heterocycles. The third-order valence-electron chi connectivity index (χ3n) is 4.61. The minimum absolute atomic E-state index is 0.0155. The number of aromatic nitrogens is 2. The second-order valence-electron chi connectivity index (χ2n) is 6.35. The Kier molecular flexibility index (Phi) is 4.98. The molecule has 1 saturated heterocycles. The lowest BCUT2D eigenvalue weighted by Gasteiger charge is -2.36. The smallest absolute Gasteiger partial charge is 0.159 e. The van der Waals surface area contributed by atoms with Gasteiger partial charge in [0, 0.05) is 19.2 Å². The lowest BCUT2D eigenvalue weighted by Crippen LogP contribution is -2.42. The van der Waals surface area contributed by atoms with Gasteiger partial charge in [-0.3, -0.25) is 0 Å². The number of rotatable bonds is 4. The van der Waals surface area contributed by atoms with E-state index in [-0.39, 0.29) is 11.5 Å². The minimum Gasteiger partial charge on any atom is -0.393 e. The second kappa shape index (κ2) is 7.18. The molecule has 2 heterocycles. The van der Waals surface area contributed by atoms with E-state index in [9.17, 15) is 8.78 Å². The molecule has 0 amide bonds. The molecule has 3 rings (SSSR count). The zero-order chi connectivity index (χ0) is 18.0. The Labute approximate surface area is 145 Å². The Morgan fingerprint density at radius 2 is 1.96 bits per heavy atom. The average molecular weight is 348 g/mol. The Bertz CT molecular complexity index is 746. The van der Waals surface area contributed by atoms with Crippen molar-refractivity contribution in [2.75, 3.05) is 43.1 Å². The molecular weight excluding hydrogens is 326 g/mol. The second-order valence-corrected chi connectivity index (χ2v) is 6.35. The summed E-state index contributed by atoms with van der Waals surface area (Å²) in [6.45, 7) is 2.03. The van der Waals surface area contributed by atoms with E-state index in [0.717, 1.165) is 44.1 Å². The van der Waals surface area contributed by atoms with E-state index >= 15 is 0 Å². The maximum absolute atomic E-state index is 13.8. The molecule has 0 atom stereocenters. The SMILES string of the molecule is CN1CCC(N(C)c2ncnc(Nc3cc(F)ccc3F)c2N)CC1. The van der Waals surface area contributed by atoms with Crippen LogP contribution in [0.1, 0.15) is 12.8 Å². The van der Waals surface area contributed by atoms with Gasteiger partial charge in [-0.2, -0.15) is 0 Å². The van der Waals surface area contributed by atoms with Gasteiger partial charge in [-0.25, -0.2) is 18.7 Å². The Balaban J connectivity index is 1.83. The molecule has 6 nitrogen and oxygen atoms in total. The number of piperidine rings is 1. The Morgan fingerprint density at radius 3 is 2.68 bits per heavy atom. The molecule has 0 unspecified atom stereocenters. The molecule has 1 aromatic heterocycles. The van der Waals surface area contributed by atoms with Gasteiger partial charge < -0.3 is 20.9 Å². The van der Waals surface area contributed by atoms with Crippen molar-refractivity contribution in [1.29, 1.82) is 0 Å². The van der Waals surface area contributed by atoms with Crippen LogP contribution in [0.5, 0.6) is 0 Å². The monoisotopic (exact) mass is 348 g/mol. The van der Waals surface area contributed by atoms with Crippen molar-refractivity contribution >= 4 is 23.0 Å². The highest BCUT2D eigenvalue weighted by atomic mass is 19.1. The van der Waals surface area contributed by atoms with Crippen LogP contribution in [0.4, 0.5) is 31.8 Å². The van der Waals surface area contributed by atoms with E-state index in [4.69, 9.17) is 5.73 Å². The molecule has 0 spiro atoms. The number of hydrogen-bond donors (Lipinski definition) is 2. The third-order valence-corrected chi connectivity index (χ3v) is 4.61. The molecule has 1 fully saturated rings. The first-order valence-electron chi connectivity index (χ1n) is 8.19. The zero-order valence-electron chi connectivity index (χ0n) is 14.3. The molecular formula is C17H22F2N6. The van der Waals surface area contributed by atoms with Crippen LogP contribution in [0.25, 0.3) is 0 Å². The average Bonchev–Trinajstić information content (AvgIpc) is 2.60. The normalized spacial score (nSPS) is 16.0. The van der Waals surface area contributed by atoms with Crippen molar-refractivity contribution in [3.05, 3.63) is 36.2 Å². The standard InChI is InChI=1S/C17H22F2N6/c1-24-7-5-12(6-8-24)25(2)17-15(20)16(21-10-22-17)23-14-9-11(18)3-4-13(14)19/h3-4,9-10,12H,5-8,20H2,1-2H3,(H,21,22,23). The van der Waals surface area contributed by atoms with Crippen molar-refractivity contribution in [3.8, 4) is 0 Å². The predicted octanol–water partition coefficient (Wildman–Crippen LogP) is 2.61. The van der Waals surface area contributed by atoms with Crippen LogP contribution in [0.15, 0.2) is 24.5 Å². The van der Waals surface area contributed by atoms with Crippen LogP contribution >= 0.6 is 0 Å². The van der Waals surface area contributed by atoms with E-state index in [0.29, 0.717) is 17.5 Å². The summed E-state index contributed by atoms with van der Waals surface area (Å²) >= 11 is 0. The van der Waals surface area contributed by atoms with Crippen molar-refractivity contribution < 1.29 is 8.78 Å². The van der Waals surface area contributed by atoms with E-state index in [1.807, 2.05) is 11.9 Å². The number of hydrogen-bond acceptors (Lipinski definition) is 6. The van der Waals surface area contributed by atoms with Crippen LogP contribution in [0.3, 0.4) is 0 Å². The molecule has 2 aromatic rings. The molecule has 0 radical (unpaired) electrons. The van der Waals surface area contributed by atoms with E-state index in [2.05, 4.69) is 27.2 Å². The van der Waals surface area contributed by atoms with Crippen molar-refractivity contribution in [2.24, 2.45) is 0 Å². The van der Waals surface area contributed by atoms with Gasteiger partial charge in [0.05, 0.1) is 5.69 Å². The molecule has 3 N–H and O–H groups in total. The third kappa shape index (κ3) is 3.79. The number of nitrogen functional groups attached to an aromatic ring is 1. The number of anilines is 4. The Hall–Kier alpha value is -2.48. The molecule has 1 aromatic carbocycles. The summed E-state index contributed by atoms with van der Waals surface area (Å²) in [4.78, 5) is 12.7. The summed E-state index contributed by atoms with van der Waals surface area (Å²) < 4.78 is 27.2. The first-order chi connectivity index (χ1) is 12.0. The lowest BCUT2D eigenvalue weighted by molar-refractivity contribution is 0.252. The highest BCUT2D eigenvalue weighted by Crippen LogP contribution is 2.31. The first-order valence-corrected chi connectivity index (χ1v) is 8.19. The van der Waals surface area contributed by atoms with E-state index < -0.39 is 11.6 Å². The van der Waals surface area contributed by atoms with Gasteiger partial charge in [0.15, 0.2) is 11.6 Å². The molecule has 25 heavy (non-hydrogen) atoms. The highest BCUT2D eigenvalue weighted by Gasteiger charge is 2.24. The largest absolute Gasteiger partial charge is 0.393 e. The van der Waals surface area contributed by atoms with Gasteiger partial charge in [-0.1, -0.05) is 0 Å². The summed E-state index contributed by atoms with van der Waals surface area (Å²) in [5, 5.41) is 2.76. The summed E-state index contributed by atoms with van der Waals surface area (Å²) in [5.41, 5.74) is 6.50. The van der Waals surface area contributed by atoms with Crippen LogP contribution in [-0.4, -0.2) is 48.1 Å².